The molecule has 1 heterocycles. The number of hydrogen-bond acceptors (Lipinski definition) is 2. The summed E-state index contributed by atoms with van der Waals surface area (Å²) in [6.45, 7) is 0.296. The highest BCUT2D eigenvalue weighted by Crippen LogP contribution is 2.33. The van der Waals surface area contributed by atoms with Gasteiger partial charge in [-0.25, -0.2) is 4.39 Å². The Morgan fingerprint density at radius 2 is 2.00 bits per heavy atom. The average molecular weight is 425 g/mol. The largest absolute Gasteiger partial charge is 0.391 e. The van der Waals surface area contributed by atoms with Gasteiger partial charge in [0.1, 0.15) is 5.82 Å². The first-order valence-electron chi connectivity index (χ1n) is 7.50. The van der Waals surface area contributed by atoms with Crippen LogP contribution in [0.4, 0.5) is 4.39 Å². The molecule has 1 aliphatic heterocycles. The van der Waals surface area contributed by atoms with Crippen LogP contribution in [0.5, 0.6) is 0 Å². The molecule has 2 aromatic rings. The van der Waals surface area contributed by atoms with Gasteiger partial charge in [-0.15, -0.1) is 0 Å². The normalized spacial score (nSPS) is 20.7. The Bertz CT molecular complexity index is 704. The molecule has 1 aliphatic rings. The van der Waals surface area contributed by atoms with Crippen LogP contribution in [0, 0.1) is 9.39 Å². The summed E-state index contributed by atoms with van der Waals surface area (Å²) in [7, 11) is 0. The standard InChI is InChI=1S/C18H17FINO2/c19-14-3-1-2-13(9-14)17-10-16(22)11-21(17)18(23)8-12-4-6-15(20)7-5-12/h1-7,9,16-17,22H,8,10-11H2/t16-,17-/m0/s1. The molecule has 1 amide bonds. The van der Waals surface area contributed by atoms with E-state index in [4.69, 9.17) is 0 Å². The monoisotopic (exact) mass is 425 g/mol. The molecule has 0 saturated carbocycles. The molecular weight excluding hydrogens is 408 g/mol. The zero-order valence-electron chi connectivity index (χ0n) is 12.5. The van der Waals surface area contributed by atoms with Crippen LogP contribution in [-0.2, 0) is 11.2 Å². The minimum absolute atomic E-state index is 0.0444. The lowest BCUT2D eigenvalue weighted by molar-refractivity contribution is -0.131. The second kappa shape index (κ2) is 6.97. The first-order valence-corrected chi connectivity index (χ1v) is 8.58. The number of β-amino-alcohol motifs (C(OH)–C–C–N with tert-alkyl or cyclic N) is 1. The summed E-state index contributed by atoms with van der Waals surface area (Å²) in [5, 5.41) is 9.96. The van der Waals surface area contributed by atoms with Crippen molar-refractivity contribution in [2.75, 3.05) is 6.54 Å². The smallest absolute Gasteiger partial charge is 0.227 e. The molecule has 23 heavy (non-hydrogen) atoms. The highest BCUT2D eigenvalue weighted by molar-refractivity contribution is 14.1. The number of aliphatic hydroxyl groups excluding tert-OH is 1. The number of benzene rings is 2. The van der Waals surface area contributed by atoms with E-state index in [-0.39, 0.29) is 24.2 Å². The number of likely N-dealkylation sites (tertiary alicyclic amines) is 1. The number of aliphatic hydroxyl groups is 1. The second-order valence-corrected chi connectivity index (χ2v) is 7.06. The number of carbonyl (C=O) groups excluding carboxylic acids is 1. The SMILES string of the molecule is O=C(Cc1ccc(I)cc1)N1C[C@@H](O)C[C@H]1c1cccc(F)c1. The quantitative estimate of drug-likeness (QED) is 0.767. The molecule has 120 valence electrons. The van der Waals surface area contributed by atoms with Crippen molar-refractivity contribution in [3.8, 4) is 0 Å². The Morgan fingerprint density at radius 1 is 1.26 bits per heavy atom. The van der Waals surface area contributed by atoms with Crippen LogP contribution in [0.2, 0.25) is 0 Å². The van der Waals surface area contributed by atoms with Crippen molar-refractivity contribution in [2.24, 2.45) is 0 Å². The highest BCUT2D eigenvalue weighted by Gasteiger charge is 2.35. The number of rotatable bonds is 3. The summed E-state index contributed by atoms with van der Waals surface area (Å²) in [6.07, 6.45) is 0.168. The van der Waals surface area contributed by atoms with Gasteiger partial charge in [-0.2, -0.15) is 0 Å². The van der Waals surface area contributed by atoms with Crippen LogP contribution >= 0.6 is 22.6 Å². The second-order valence-electron chi connectivity index (χ2n) is 5.81. The Kier molecular flexibility index (Phi) is 4.96. The third kappa shape index (κ3) is 3.90. The molecule has 3 nitrogen and oxygen atoms in total. The molecule has 0 spiro atoms. The van der Waals surface area contributed by atoms with Gasteiger partial charge in [0, 0.05) is 10.1 Å². The van der Waals surface area contributed by atoms with E-state index in [1.54, 1.807) is 17.0 Å². The Morgan fingerprint density at radius 3 is 2.70 bits per heavy atom. The fourth-order valence-corrected chi connectivity index (χ4v) is 3.36. The number of hydrogen-bond donors (Lipinski definition) is 1. The Balaban J connectivity index is 1.78. The van der Waals surface area contributed by atoms with Gasteiger partial charge < -0.3 is 10.0 Å². The molecule has 1 N–H and O–H groups in total. The first-order chi connectivity index (χ1) is 11.0. The molecular formula is C18H17FINO2. The molecule has 0 aromatic heterocycles. The van der Waals surface area contributed by atoms with Crippen LogP contribution in [0.25, 0.3) is 0 Å². The van der Waals surface area contributed by atoms with E-state index in [1.807, 2.05) is 24.3 Å². The third-order valence-corrected chi connectivity index (χ3v) is 4.82. The van der Waals surface area contributed by atoms with Gasteiger partial charge in [0.2, 0.25) is 5.91 Å². The van der Waals surface area contributed by atoms with Gasteiger partial charge in [-0.05, 0) is 64.4 Å². The molecule has 2 atom stereocenters. The molecule has 0 radical (unpaired) electrons. The summed E-state index contributed by atoms with van der Waals surface area (Å²) in [4.78, 5) is 14.3. The van der Waals surface area contributed by atoms with E-state index in [2.05, 4.69) is 22.6 Å². The van der Waals surface area contributed by atoms with E-state index in [0.717, 1.165) is 14.7 Å². The van der Waals surface area contributed by atoms with Crippen LogP contribution < -0.4 is 0 Å². The first kappa shape index (κ1) is 16.4. The van der Waals surface area contributed by atoms with Crippen molar-refractivity contribution in [1.29, 1.82) is 0 Å². The van der Waals surface area contributed by atoms with Crippen molar-refractivity contribution in [3.05, 3.63) is 69.0 Å². The zero-order valence-corrected chi connectivity index (χ0v) is 14.6. The van der Waals surface area contributed by atoms with Gasteiger partial charge in [0.15, 0.2) is 0 Å². The molecule has 3 rings (SSSR count). The molecule has 0 aliphatic carbocycles. The highest BCUT2D eigenvalue weighted by atomic mass is 127. The zero-order chi connectivity index (χ0) is 16.4. The maximum absolute atomic E-state index is 13.5. The maximum Gasteiger partial charge on any atom is 0.227 e. The summed E-state index contributed by atoms with van der Waals surface area (Å²) >= 11 is 2.22. The lowest BCUT2D eigenvalue weighted by Crippen LogP contribution is -2.33. The van der Waals surface area contributed by atoms with Crippen molar-refractivity contribution in [3.63, 3.8) is 0 Å². The minimum atomic E-state index is -0.566. The van der Waals surface area contributed by atoms with Crippen molar-refractivity contribution >= 4 is 28.5 Å². The topological polar surface area (TPSA) is 40.5 Å². The third-order valence-electron chi connectivity index (χ3n) is 4.10. The minimum Gasteiger partial charge on any atom is -0.391 e. The summed E-state index contributed by atoms with van der Waals surface area (Å²) in [5.74, 6) is -0.369. The van der Waals surface area contributed by atoms with Gasteiger partial charge >= 0.3 is 0 Å². The molecule has 1 fully saturated rings. The number of nitrogens with zero attached hydrogens (tertiary/aromatic N) is 1. The lowest BCUT2D eigenvalue weighted by Gasteiger charge is -2.25. The van der Waals surface area contributed by atoms with Gasteiger partial charge in [-0.1, -0.05) is 24.3 Å². The van der Waals surface area contributed by atoms with Crippen molar-refractivity contribution < 1.29 is 14.3 Å². The molecule has 1 saturated heterocycles. The summed E-state index contributed by atoms with van der Waals surface area (Å²) < 4.78 is 14.6. The van der Waals surface area contributed by atoms with Crippen molar-refractivity contribution in [2.45, 2.75) is 25.0 Å². The maximum atomic E-state index is 13.5. The summed E-state index contributed by atoms with van der Waals surface area (Å²) in [5.41, 5.74) is 1.67. The van der Waals surface area contributed by atoms with Crippen LogP contribution in [0.3, 0.4) is 0 Å². The van der Waals surface area contributed by atoms with Crippen LogP contribution in [-0.4, -0.2) is 28.6 Å². The number of carbonyl (C=O) groups is 1. The predicted molar refractivity (Wildman–Crippen MR) is 94.3 cm³/mol. The predicted octanol–water partition coefficient (Wildman–Crippen LogP) is 3.31. The van der Waals surface area contributed by atoms with Gasteiger partial charge in [0.05, 0.1) is 18.6 Å². The van der Waals surface area contributed by atoms with Crippen molar-refractivity contribution in [1.82, 2.24) is 4.90 Å². The van der Waals surface area contributed by atoms with E-state index < -0.39 is 6.10 Å². The van der Waals surface area contributed by atoms with E-state index in [9.17, 15) is 14.3 Å². The molecule has 0 bridgehead atoms. The summed E-state index contributed by atoms with van der Waals surface area (Å²) in [6, 6.07) is 13.8. The van der Waals surface area contributed by atoms with Gasteiger partial charge in [-0.3, -0.25) is 4.79 Å². The molecule has 5 heteroatoms. The number of halogens is 2. The van der Waals surface area contributed by atoms with E-state index in [0.29, 0.717) is 13.0 Å². The number of amides is 1. The van der Waals surface area contributed by atoms with E-state index in [1.165, 1.54) is 12.1 Å². The van der Waals surface area contributed by atoms with E-state index >= 15 is 0 Å². The van der Waals surface area contributed by atoms with Crippen LogP contribution in [0.1, 0.15) is 23.6 Å². The Labute approximate surface area is 148 Å². The van der Waals surface area contributed by atoms with Crippen LogP contribution in [0.15, 0.2) is 48.5 Å². The fourth-order valence-electron chi connectivity index (χ4n) is 3.00. The lowest BCUT2D eigenvalue weighted by atomic mass is 10.0. The molecule has 2 aromatic carbocycles. The molecule has 0 unspecified atom stereocenters. The average Bonchev–Trinajstić information content (AvgIpc) is 2.92. The van der Waals surface area contributed by atoms with Gasteiger partial charge in [0.25, 0.3) is 0 Å². The Hall–Kier alpha value is -1.47. The fraction of sp³-hybridized carbons (Fsp3) is 0.278.